The maximum absolute atomic E-state index is 13.0. The number of carbonyl (C=O) groups is 3. The van der Waals surface area contributed by atoms with Gasteiger partial charge in [0, 0.05) is 17.8 Å². The zero-order chi connectivity index (χ0) is 19.8. The van der Waals surface area contributed by atoms with E-state index in [0.29, 0.717) is 11.5 Å². The summed E-state index contributed by atoms with van der Waals surface area (Å²) in [7, 11) is 0. The average molecular weight is 378 g/mol. The molecule has 27 heavy (non-hydrogen) atoms. The number of benzene rings is 1. The van der Waals surface area contributed by atoms with Gasteiger partial charge in [-0.15, -0.1) is 0 Å². The fourth-order valence-corrected chi connectivity index (χ4v) is 1.89. The van der Waals surface area contributed by atoms with Crippen molar-refractivity contribution < 1.29 is 32.3 Å². The smallest absolute Gasteiger partial charge is 0.331 e. The molecule has 1 aromatic heterocycles. The van der Waals surface area contributed by atoms with Crippen LogP contribution in [0.25, 0.3) is 6.08 Å². The third-order valence-corrected chi connectivity index (χ3v) is 3.14. The minimum atomic E-state index is -1.11. The molecule has 7 nitrogen and oxygen atoms in total. The summed E-state index contributed by atoms with van der Waals surface area (Å²) in [5.41, 5.74) is 0.0397. The van der Waals surface area contributed by atoms with Crippen molar-refractivity contribution in [2.75, 3.05) is 18.5 Å². The van der Waals surface area contributed by atoms with Gasteiger partial charge in [-0.05, 0) is 37.3 Å². The van der Waals surface area contributed by atoms with E-state index < -0.39 is 42.6 Å². The number of anilines is 1. The first kappa shape index (κ1) is 19.8. The number of nitrogens with one attached hydrogen (secondary N) is 2. The van der Waals surface area contributed by atoms with Crippen LogP contribution >= 0.6 is 0 Å². The molecule has 0 fully saturated rings. The summed E-state index contributed by atoms with van der Waals surface area (Å²) in [4.78, 5) is 34.7. The van der Waals surface area contributed by atoms with E-state index in [1.54, 1.807) is 19.1 Å². The van der Waals surface area contributed by atoms with Gasteiger partial charge in [-0.25, -0.2) is 13.6 Å². The maximum Gasteiger partial charge on any atom is 0.331 e. The molecule has 0 aliphatic carbocycles. The maximum atomic E-state index is 13.0. The number of halogens is 2. The van der Waals surface area contributed by atoms with Crippen LogP contribution in [-0.4, -0.2) is 30.9 Å². The number of ether oxygens (including phenoxy) is 1. The second-order valence-corrected chi connectivity index (χ2v) is 5.34. The van der Waals surface area contributed by atoms with Gasteiger partial charge in [-0.1, -0.05) is 0 Å². The van der Waals surface area contributed by atoms with Crippen molar-refractivity contribution in [1.29, 1.82) is 0 Å². The minimum absolute atomic E-state index is 0.0397. The second-order valence-electron chi connectivity index (χ2n) is 5.34. The van der Waals surface area contributed by atoms with Crippen LogP contribution in [0.5, 0.6) is 0 Å². The van der Waals surface area contributed by atoms with E-state index in [0.717, 1.165) is 18.2 Å². The predicted octanol–water partition coefficient (Wildman–Crippen LogP) is 2.18. The normalized spacial score (nSPS) is 10.6. The van der Waals surface area contributed by atoms with Gasteiger partial charge in [0.1, 0.15) is 11.5 Å². The zero-order valence-electron chi connectivity index (χ0n) is 14.3. The SMILES string of the molecule is Cc1ccc(/C=C/C(=O)OCC(=O)NCC(=O)Nc2ccc(F)c(F)c2)o1. The van der Waals surface area contributed by atoms with Gasteiger partial charge in [0.25, 0.3) is 5.91 Å². The number of carbonyl (C=O) groups excluding carboxylic acids is 3. The highest BCUT2D eigenvalue weighted by Gasteiger charge is 2.09. The van der Waals surface area contributed by atoms with Crippen LogP contribution in [0.2, 0.25) is 0 Å². The zero-order valence-corrected chi connectivity index (χ0v) is 14.3. The topological polar surface area (TPSA) is 97.6 Å². The van der Waals surface area contributed by atoms with Gasteiger partial charge in [-0.2, -0.15) is 0 Å². The Bertz CT molecular complexity index is 876. The molecule has 1 aromatic carbocycles. The van der Waals surface area contributed by atoms with Crippen molar-refractivity contribution in [2.45, 2.75) is 6.92 Å². The van der Waals surface area contributed by atoms with Gasteiger partial charge >= 0.3 is 5.97 Å². The molecule has 2 rings (SSSR count). The van der Waals surface area contributed by atoms with Crippen LogP contribution in [-0.2, 0) is 19.1 Å². The summed E-state index contributed by atoms with van der Waals surface area (Å²) in [6.45, 7) is 0.735. The van der Waals surface area contributed by atoms with Gasteiger partial charge in [0.15, 0.2) is 18.2 Å². The van der Waals surface area contributed by atoms with E-state index in [9.17, 15) is 23.2 Å². The molecule has 2 amide bonds. The van der Waals surface area contributed by atoms with Crippen molar-refractivity contribution in [3.05, 3.63) is 59.6 Å². The predicted molar refractivity (Wildman–Crippen MR) is 91.4 cm³/mol. The van der Waals surface area contributed by atoms with E-state index in [1.807, 2.05) is 0 Å². The Kier molecular flexibility index (Phi) is 6.81. The lowest BCUT2D eigenvalue weighted by Crippen LogP contribution is -2.35. The number of rotatable bonds is 7. The summed E-state index contributed by atoms with van der Waals surface area (Å²) < 4.78 is 35.8. The molecule has 0 saturated carbocycles. The molecule has 0 aliphatic heterocycles. The van der Waals surface area contributed by atoms with Crippen molar-refractivity contribution >= 4 is 29.5 Å². The van der Waals surface area contributed by atoms with Crippen molar-refractivity contribution in [3.8, 4) is 0 Å². The number of hydrogen-bond donors (Lipinski definition) is 2. The van der Waals surface area contributed by atoms with Crippen LogP contribution in [0.4, 0.5) is 14.5 Å². The van der Waals surface area contributed by atoms with Gasteiger partial charge in [0.05, 0.1) is 6.54 Å². The van der Waals surface area contributed by atoms with Crippen molar-refractivity contribution in [2.24, 2.45) is 0 Å². The van der Waals surface area contributed by atoms with E-state index in [-0.39, 0.29) is 5.69 Å². The fourth-order valence-electron chi connectivity index (χ4n) is 1.89. The van der Waals surface area contributed by atoms with Gasteiger partial charge in [-0.3, -0.25) is 9.59 Å². The molecule has 0 aliphatic rings. The molecule has 0 unspecified atom stereocenters. The number of aryl methyl sites for hydroxylation is 1. The average Bonchev–Trinajstić information content (AvgIpc) is 3.05. The van der Waals surface area contributed by atoms with Crippen LogP contribution in [0.15, 0.2) is 40.8 Å². The molecule has 0 saturated heterocycles. The Morgan fingerprint density at radius 3 is 2.56 bits per heavy atom. The molecule has 9 heteroatoms. The number of amides is 2. The molecule has 0 atom stereocenters. The summed E-state index contributed by atoms with van der Waals surface area (Å²) >= 11 is 0. The van der Waals surface area contributed by atoms with Crippen LogP contribution in [0, 0.1) is 18.6 Å². The summed E-state index contributed by atoms with van der Waals surface area (Å²) in [6, 6.07) is 6.23. The third-order valence-electron chi connectivity index (χ3n) is 3.14. The molecule has 2 aromatic rings. The largest absolute Gasteiger partial charge is 0.462 e. The lowest BCUT2D eigenvalue weighted by atomic mass is 10.3. The Hall–Kier alpha value is -3.49. The standard InChI is InChI=1S/C18H16F2N2O5/c1-11-2-4-13(27-11)5-7-18(25)26-10-17(24)21-9-16(23)22-12-3-6-14(19)15(20)8-12/h2-8H,9-10H2,1H3,(H,21,24)(H,22,23)/b7-5+. The van der Waals surface area contributed by atoms with E-state index in [1.165, 1.54) is 12.1 Å². The highest BCUT2D eigenvalue weighted by Crippen LogP contribution is 2.12. The first-order valence-corrected chi connectivity index (χ1v) is 7.76. The molecular formula is C18H16F2N2O5. The van der Waals surface area contributed by atoms with E-state index in [2.05, 4.69) is 10.6 Å². The highest BCUT2D eigenvalue weighted by atomic mass is 19.2. The number of esters is 1. The van der Waals surface area contributed by atoms with E-state index >= 15 is 0 Å². The van der Waals surface area contributed by atoms with Gasteiger partial charge in [0.2, 0.25) is 5.91 Å². The van der Waals surface area contributed by atoms with Crippen LogP contribution in [0.3, 0.4) is 0 Å². The quantitative estimate of drug-likeness (QED) is 0.569. The number of furan rings is 1. The van der Waals surface area contributed by atoms with E-state index in [4.69, 9.17) is 9.15 Å². The summed E-state index contributed by atoms with van der Waals surface area (Å²) in [5.74, 6) is -3.13. The molecule has 0 bridgehead atoms. The first-order valence-electron chi connectivity index (χ1n) is 7.76. The van der Waals surface area contributed by atoms with Crippen LogP contribution < -0.4 is 10.6 Å². The lowest BCUT2D eigenvalue weighted by molar-refractivity contribution is -0.143. The first-order chi connectivity index (χ1) is 12.8. The summed E-state index contributed by atoms with van der Waals surface area (Å²) in [6.07, 6.45) is 2.49. The number of hydrogen-bond acceptors (Lipinski definition) is 5. The monoisotopic (exact) mass is 378 g/mol. The molecule has 2 N–H and O–H groups in total. The van der Waals surface area contributed by atoms with Crippen LogP contribution in [0.1, 0.15) is 11.5 Å². The van der Waals surface area contributed by atoms with Crippen molar-refractivity contribution in [1.82, 2.24) is 5.32 Å². The minimum Gasteiger partial charge on any atom is -0.462 e. The highest BCUT2D eigenvalue weighted by molar-refractivity contribution is 5.95. The third kappa shape index (κ3) is 6.73. The van der Waals surface area contributed by atoms with Crippen molar-refractivity contribution in [3.63, 3.8) is 0 Å². The molecular weight excluding hydrogens is 362 g/mol. The Morgan fingerprint density at radius 2 is 1.89 bits per heavy atom. The second kappa shape index (κ2) is 9.27. The molecule has 142 valence electrons. The summed E-state index contributed by atoms with van der Waals surface area (Å²) in [5, 5.41) is 4.50. The Balaban J connectivity index is 1.69. The fraction of sp³-hybridized carbons (Fsp3) is 0.167. The molecule has 0 spiro atoms. The molecule has 1 heterocycles. The lowest BCUT2D eigenvalue weighted by Gasteiger charge is -2.07. The molecule has 0 radical (unpaired) electrons. The van der Waals surface area contributed by atoms with Gasteiger partial charge < -0.3 is 19.8 Å². The Labute approximate surface area is 153 Å². The Morgan fingerprint density at radius 1 is 1.11 bits per heavy atom.